The minimum absolute atomic E-state index is 1.32. The summed E-state index contributed by atoms with van der Waals surface area (Å²) in [5.74, 6) is 0. The third-order valence-corrected chi connectivity index (χ3v) is 4.46. The van der Waals surface area contributed by atoms with Gasteiger partial charge in [0, 0.05) is 21.3 Å². The first-order valence-electron chi connectivity index (χ1n) is 7.06. The third-order valence-electron chi connectivity index (χ3n) is 3.46. The molecule has 0 fully saturated rings. The van der Waals surface area contributed by atoms with E-state index in [4.69, 9.17) is 13.3 Å². The van der Waals surface area contributed by atoms with Gasteiger partial charge in [-0.25, -0.2) is 0 Å². The molecule has 0 heterocycles. The van der Waals surface area contributed by atoms with Gasteiger partial charge in [0.05, 0.1) is 0 Å². The van der Waals surface area contributed by atoms with E-state index in [1.165, 1.54) is 27.1 Å². The van der Waals surface area contributed by atoms with E-state index >= 15 is 0 Å². The molecule has 3 aromatic rings. The van der Waals surface area contributed by atoms with Crippen LogP contribution in [0.15, 0.2) is 54.6 Å². The average molecular weight is 313 g/mol. The molecule has 22 heavy (non-hydrogen) atoms. The molecular formula is C18H21O3Si. The molecule has 0 N–H and O–H groups in total. The number of hydrogen-bond donors (Lipinski definition) is 0. The second kappa shape index (κ2) is 8.05. The van der Waals surface area contributed by atoms with Crippen molar-refractivity contribution in [1.29, 1.82) is 0 Å². The molecule has 1 radical (unpaired) electrons. The summed E-state index contributed by atoms with van der Waals surface area (Å²) in [5.41, 5.74) is 1.35. The van der Waals surface area contributed by atoms with E-state index in [1.807, 2.05) is 0 Å². The largest absolute Gasteiger partial charge is 0.576 e. The van der Waals surface area contributed by atoms with Gasteiger partial charge in [-0.05, 0) is 46.2 Å². The van der Waals surface area contributed by atoms with Crippen molar-refractivity contribution >= 4 is 31.1 Å². The lowest BCUT2D eigenvalue weighted by molar-refractivity contribution is 0.163. The SMILES string of the molecule is CO[Si](OC)OC.Cc1cccc2cc3ccccc3cc12. The van der Waals surface area contributed by atoms with Crippen molar-refractivity contribution in [3.63, 3.8) is 0 Å². The van der Waals surface area contributed by atoms with Crippen LogP contribution in [0, 0.1) is 6.92 Å². The van der Waals surface area contributed by atoms with Crippen molar-refractivity contribution in [3.05, 3.63) is 60.2 Å². The van der Waals surface area contributed by atoms with Gasteiger partial charge in [0.1, 0.15) is 0 Å². The Kier molecular flexibility index (Phi) is 6.09. The van der Waals surface area contributed by atoms with Gasteiger partial charge >= 0.3 is 9.53 Å². The van der Waals surface area contributed by atoms with Crippen LogP contribution in [0.4, 0.5) is 0 Å². The fourth-order valence-electron chi connectivity index (χ4n) is 2.37. The van der Waals surface area contributed by atoms with Crippen molar-refractivity contribution in [3.8, 4) is 0 Å². The molecule has 3 nitrogen and oxygen atoms in total. The van der Waals surface area contributed by atoms with Gasteiger partial charge in [-0.2, -0.15) is 0 Å². The summed E-state index contributed by atoms with van der Waals surface area (Å²) in [5, 5.41) is 5.32. The second-order valence-corrected chi connectivity index (χ2v) is 6.58. The maximum Gasteiger partial charge on any atom is 0.576 e. The molecule has 3 rings (SSSR count). The summed E-state index contributed by atoms with van der Waals surface area (Å²) in [6.45, 7) is 2.16. The Morgan fingerprint density at radius 3 is 1.77 bits per heavy atom. The molecule has 0 bridgehead atoms. The molecule has 0 unspecified atom stereocenters. The van der Waals surface area contributed by atoms with Crippen LogP contribution in [0.3, 0.4) is 0 Å². The monoisotopic (exact) mass is 313 g/mol. The van der Waals surface area contributed by atoms with Crippen LogP contribution in [0.2, 0.25) is 0 Å². The van der Waals surface area contributed by atoms with E-state index in [2.05, 4.69) is 61.5 Å². The molecule has 0 saturated carbocycles. The number of rotatable bonds is 3. The molecule has 4 heteroatoms. The Hall–Kier alpha value is -1.72. The number of benzene rings is 3. The average Bonchev–Trinajstić information content (AvgIpc) is 2.56. The molecular weight excluding hydrogens is 292 g/mol. The van der Waals surface area contributed by atoms with Crippen molar-refractivity contribution in [2.75, 3.05) is 21.3 Å². The van der Waals surface area contributed by atoms with Crippen molar-refractivity contribution in [2.24, 2.45) is 0 Å². The molecule has 0 spiro atoms. The highest BCUT2D eigenvalue weighted by molar-refractivity contribution is 6.36. The van der Waals surface area contributed by atoms with Gasteiger partial charge < -0.3 is 13.3 Å². The summed E-state index contributed by atoms with van der Waals surface area (Å²) >= 11 is 0. The van der Waals surface area contributed by atoms with Gasteiger partial charge in [0.25, 0.3) is 0 Å². The first-order chi connectivity index (χ1) is 10.7. The fraction of sp³-hybridized carbons (Fsp3) is 0.222. The molecule has 0 saturated heterocycles. The van der Waals surface area contributed by atoms with E-state index in [-0.39, 0.29) is 0 Å². The minimum atomic E-state index is -1.36. The molecule has 0 aliphatic rings. The maximum atomic E-state index is 4.71. The van der Waals surface area contributed by atoms with Crippen molar-refractivity contribution in [2.45, 2.75) is 6.92 Å². The highest BCUT2D eigenvalue weighted by atomic mass is 28.3. The van der Waals surface area contributed by atoms with Gasteiger partial charge in [0.2, 0.25) is 0 Å². The molecule has 0 aliphatic carbocycles. The Morgan fingerprint density at radius 2 is 1.23 bits per heavy atom. The van der Waals surface area contributed by atoms with Gasteiger partial charge in [-0.3, -0.25) is 0 Å². The quantitative estimate of drug-likeness (QED) is 0.535. The molecule has 3 aromatic carbocycles. The Bertz CT molecular complexity index is 733. The van der Waals surface area contributed by atoms with Crippen LogP contribution in [-0.4, -0.2) is 30.9 Å². The van der Waals surface area contributed by atoms with Crippen LogP contribution in [0.1, 0.15) is 5.56 Å². The number of aryl methyl sites for hydroxylation is 1. The van der Waals surface area contributed by atoms with Crippen LogP contribution >= 0.6 is 0 Å². The Labute approximate surface area is 133 Å². The lowest BCUT2D eigenvalue weighted by atomic mass is 10.0. The normalized spacial score (nSPS) is 10.8. The number of fused-ring (bicyclic) bond motifs is 2. The summed E-state index contributed by atoms with van der Waals surface area (Å²) in [4.78, 5) is 0. The Morgan fingerprint density at radius 1 is 0.682 bits per heavy atom. The third kappa shape index (κ3) is 3.93. The van der Waals surface area contributed by atoms with E-state index in [1.54, 1.807) is 21.3 Å². The predicted octanol–water partition coefficient (Wildman–Crippen LogP) is 4.21. The molecule has 0 atom stereocenters. The summed E-state index contributed by atoms with van der Waals surface area (Å²) in [6, 6.07) is 19.5. The Balaban J connectivity index is 0.000000217. The smallest absolute Gasteiger partial charge is 0.375 e. The predicted molar refractivity (Wildman–Crippen MR) is 93.0 cm³/mol. The van der Waals surface area contributed by atoms with E-state index < -0.39 is 9.53 Å². The highest BCUT2D eigenvalue weighted by Gasteiger charge is 2.09. The molecule has 115 valence electrons. The zero-order valence-corrected chi connectivity index (χ0v) is 14.4. The van der Waals surface area contributed by atoms with E-state index in [0.29, 0.717) is 0 Å². The molecule has 0 amide bonds. The van der Waals surface area contributed by atoms with Crippen LogP contribution < -0.4 is 0 Å². The maximum absolute atomic E-state index is 4.71. The van der Waals surface area contributed by atoms with Gasteiger partial charge in [-0.15, -0.1) is 0 Å². The standard InChI is InChI=1S/C15H12.C3H9O3Si/c1-11-5-4-8-14-9-12-6-2-3-7-13(12)10-15(11)14;1-4-7(5-2)6-3/h2-10H,1H3;1-3H3. The van der Waals surface area contributed by atoms with E-state index in [9.17, 15) is 0 Å². The lowest BCUT2D eigenvalue weighted by Gasteiger charge is -2.04. The first-order valence-corrected chi connectivity index (χ1v) is 8.29. The summed E-state index contributed by atoms with van der Waals surface area (Å²) in [7, 11) is 3.31. The van der Waals surface area contributed by atoms with Crippen molar-refractivity contribution < 1.29 is 13.3 Å². The molecule has 0 aromatic heterocycles. The van der Waals surface area contributed by atoms with Gasteiger partial charge in [-0.1, -0.05) is 42.5 Å². The first kappa shape index (κ1) is 16.6. The van der Waals surface area contributed by atoms with Gasteiger partial charge in [0.15, 0.2) is 0 Å². The topological polar surface area (TPSA) is 27.7 Å². The lowest BCUT2D eigenvalue weighted by Crippen LogP contribution is -2.21. The zero-order chi connectivity index (χ0) is 15.9. The number of hydrogen-bond acceptors (Lipinski definition) is 3. The summed E-state index contributed by atoms with van der Waals surface area (Å²) in [6.07, 6.45) is 0. The van der Waals surface area contributed by atoms with Crippen molar-refractivity contribution in [1.82, 2.24) is 0 Å². The van der Waals surface area contributed by atoms with Crippen LogP contribution in [0.5, 0.6) is 0 Å². The minimum Gasteiger partial charge on any atom is -0.375 e. The zero-order valence-electron chi connectivity index (χ0n) is 13.4. The second-order valence-electron chi connectivity index (χ2n) is 4.86. The van der Waals surface area contributed by atoms with E-state index in [0.717, 1.165) is 0 Å². The highest BCUT2D eigenvalue weighted by Crippen LogP contribution is 2.24. The fourth-order valence-corrected chi connectivity index (χ4v) is 2.87. The summed E-state index contributed by atoms with van der Waals surface area (Å²) < 4.78 is 14.1. The van der Waals surface area contributed by atoms with Crippen LogP contribution in [-0.2, 0) is 13.3 Å². The molecule has 0 aliphatic heterocycles. The van der Waals surface area contributed by atoms with Crippen LogP contribution in [0.25, 0.3) is 21.5 Å².